The Morgan fingerprint density at radius 1 is 1.53 bits per heavy atom. The van der Waals surface area contributed by atoms with E-state index in [1.807, 2.05) is 0 Å². The third-order valence-electron chi connectivity index (χ3n) is 1.75. The Morgan fingerprint density at radius 2 is 2.24 bits per heavy atom. The summed E-state index contributed by atoms with van der Waals surface area (Å²) in [4.78, 5) is 10.8. The fraction of sp³-hybridized carbons (Fsp3) is 0.600. The van der Waals surface area contributed by atoms with Crippen molar-refractivity contribution in [2.45, 2.75) is 5.25 Å². The predicted octanol–water partition coefficient (Wildman–Crippen LogP) is 1.84. The first-order chi connectivity index (χ1) is 8.22. The Kier molecular flexibility index (Phi) is 7.87. The minimum Gasteiger partial charge on any atom is -0.462 e. The van der Waals surface area contributed by atoms with Crippen molar-refractivity contribution < 1.29 is 19.0 Å². The third kappa shape index (κ3) is 7.05. The van der Waals surface area contributed by atoms with E-state index in [1.54, 1.807) is 11.8 Å². The summed E-state index contributed by atoms with van der Waals surface area (Å²) in [5.74, 6) is 0.248. The molecule has 0 amide bonds. The van der Waals surface area contributed by atoms with Gasteiger partial charge in [-0.2, -0.15) is 0 Å². The molecule has 0 bridgehead atoms. The van der Waals surface area contributed by atoms with E-state index < -0.39 is 5.97 Å². The van der Waals surface area contributed by atoms with Crippen LogP contribution in [0.25, 0.3) is 0 Å². The van der Waals surface area contributed by atoms with Gasteiger partial charge in [0.05, 0.1) is 18.5 Å². The molecule has 1 heterocycles. The second-order valence-corrected chi connectivity index (χ2v) is 6.67. The van der Waals surface area contributed by atoms with Gasteiger partial charge >= 0.3 is 5.97 Å². The van der Waals surface area contributed by atoms with Crippen LogP contribution in [0.15, 0.2) is 12.7 Å². The molecule has 0 spiro atoms. The van der Waals surface area contributed by atoms with Crippen LogP contribution in [-0.2, 0) is 19.0 Å². The van der Waals surface area contributed by atoms with E-state index in [-0.39, 0.29) is 5.25 Å². The number of hydrogen-bond acceptors (Lipinski definition) is 7. The zero-order valence-electron chi connectivity index (χ0n) is 9.26. The number of hydrogen-bond donors (Lipinski definition) is 0. The van der Waals surface area contributed by atoms with Crippen LogP contribution in [0.2, 0.25) is 0 Å². The molecule has 0 aromatic carbocycles. The molecule has 0 aliphatic carbocycles. The van der Waals surface area contributed by atoms with Crippen LogP contribution >= 0.6 is 35.7 Å². The molecule has 0 radical (unpaired) electrons. The maximum absolute atomic E-state index is 10.8. The van der Waals surface area contributed by atoms with Crippen LogP contribution in [0.3, 0.4) is 0 Å². The summed E-state index contributed by atoms with van der Waals surface area (Å²) in [6.07, 6.45) is 1.15. The molecule has 0 atom stereocenters. The number of thiocarbonyl (C=S) groups is 1. The van der Waals surface area contributed by atoms with Gasteiger partial charge in [-0.15, -0.1) is 11.8 Å². The number of carbonyl (C=O) groups is 1. The lowest BCUT2D eigenvalue weighted by molar-refractivity contribution is -0.137. The summed E-state index contributed by atoms with van der Waals surface area (Å²) in [6, 6.07) is 0. The quantitative estimate of drug-likeness (QED) is 0.332. The first-order valence-corrected chi connectivity index (χ1v) is 7.28. The van der Waals surface area contributed by atoms with E-state index in [0.717, 1.165) is 9.60 Å². The first-order valence-electron chi connectivity index (χ1n) is 5.00. The molecule has 1 aliphatic heterocycles. The number of carbonyl (C=O) groups excluding carboxylic acids is 1. The average molecular weight is 294 g/mol. The van der Waals surface area contributed by atoms with E-state index in [0.29, 0.717) is 32.4 Å². The highest BCUT2D eigenvalue weighted by atomic mass is 32.2. The summed E-state index contributed by atoms with van der Waals surface area (Å²) in [5, 5.41) is 0.263. The Bertz CT molecular complexity index is 277. The van der Waals surface area contributed by atoms with Crippen molar-refractivity contribution in [2.24, 2.45) is 0 Å². The Hall–Kier alpha value is -0.0800. The summed E-state index contributed by atoms with van der Waals surface area (Å²) in [6.45, 7) is 5.35. The van der Waals surface area contributed by atoms with Crippen molar-refractivity contribution in [1.29, 1.82) is 0 Å². The highest BCUT2D eigenvalue weighted by Gasteiger charge is 2.17. The molecule has 96 valence electrons. The Labute approximate surface area is 114 Å². The zero-order valence-corrected chi connectivity index (χ0v) is 11.7. The lowest BCUT2D eigenvalue weighted by Crippen LogP contribution is -2.27. The SMILES string of the molecule is C=CC(=O)OCCSC(=S)SC1COCOC1. The van der Waals surface area contributed by atoms with Crippen LogP contribution in [0, 0.1) is 0 Å². The first kappa shape index (κ1) is 15.0. The highest BCUT2D eigenvalue weighted by molar-refractivity contribution is 8.47. The normalized spacial score (nSPS) is 16.5. The van der Waals surface area contributed by atoms with E-state index in [4.69, 9.17) is 26.4 Å². The van der Waals surface area contributed by atoms with Gasteiger partial charge in [-0.3, -0.25) is 0 Å². The Morgan fingerprint density at radius 3 is 2.88 bits per heavy atom. The minimum absolute atomic E-state index is 0.263. The second kappa shape index (κ2) is 8.93. The van der Waals surface area contributed by atoms with Crippen LogP contribution in [0.4, 0.5) is 0 Å². The molecule has 7 heteroatoms. The van der Waals surface area contributed by atoms with Gasteiger partial charge in [0, 0.05) is 11.8 Å². The number of thioether (sulfide) groups is 2. The molecule has 0 saturated carbocycles. The molecule has 0 N–H and O–H groups in total. The monoisotopic (exact) mass is 294 g/mol. The van der Waals surface area contributed by atoms with E-state index in [2.05, 4.69) is 6.58 Å². The molecule has 4 nitrogen and oxygen atoms in total. The molecule has 0 aromatic rings. The van der Waals surface area contributed by atoms with E-state index in [9.17, 15) is 4.79 Å². The molecule has 0 unspecified atom stereocenters. The molecular formula is C10H14O4S3. The van der Waals surface area contributed by atoms with Gasteiger partial charge in [0.1, 0.15) is 16.9 Å². The van der Waals surface area contributed by atoms with Gasteiger partial charge in [0.25, 0.3) is 0 Å². The lowest BCUT2D eigenvalue weighted by Gasteiger charge is -2.21. The van der Waals surface area contributed by atoms with Gasteiger partial charge < -0.3 is 14.2 Å². The maximum atomic E-state index is 10.8. The third-order valence-corrected chi connectivity index (χ3v) is 4.44. The predicted molar refractivity (Wildman–Crippen MR) is 74.4 cm³/mol. The molecule has 1 rings (SSSR count). The van der Waals surface area contributed by atoms with Crippen molar-refractivity contribution in [3.8, 4) is 0 Å². The average Bonchev–Trinajstić information content (AvgIpc) is 2.35. The minimum atomic E-state index is -0.404. The largest absolute Gasteiger partial charge is 0.462 e. The molecular weight excluding hydrogens is 280 g/mol. The van der Waals surface area contributed by atoms with Crippen LogP contribution < -0.4 is 0 Å². The second-order valence-electron chi connectivity index (χ2n) is 3.07. The molecule has 1 saturated heterocycles. The lowest BCUT2D eigenvalue weighted by atomic mass is 10.5. The number of rotatable bonds is 5. The van der Waals surface area contributed by atoms with Crippen LogP contribution in [0.5, 0.6) is 0 Å². The molecule has 0 aromatic heterocycles. The molecule has 1 aliphatic rings. The smallest absolute Gasteiger partial charge is 0.330 e. The van der Waals surface area contributed by atoms with Crippen molar-refractivity contribution in [3.63, 3.8) is 0 Å². The molecule has 17 heavy (non-hydrogen) atoms. The van der Waals surface area contributed by atoms with Gasteiger partial charge in [0.2, 0.25) is 0 Å². The fourth-order valence-electron chi connectivity index (χ4n) is 1.03. The maximum Gasteiger partial charge on any atom is 0.330 e. The topological polar surface area (TPSA) is 44.8 Å². The zero-order chi connectivity index (χ0) is 12.5. The van der Waals surface area contributed by atoms with Gasteiger partial charge in [-0.25, -0.2) is 4.79 Å². The van der Waals surface area contributed by atoms with Gasteiger partial charge in [0.15, 0.2) is 0 Å². The van der Waals surface area contributed by atoms with Crippen LogP contribution in [0.1, 0.15) is 0 Å². The Balaban J connectivity index is 2.04. The summed E-state index contributed by atoms with van der Waals surface area (Å²) >= 11 is 8.26. The summed E-state index contributed by atoms with van der Waals surface area (Å²) in [5.41, 5.74) is 0. The van der Waals surface area contributed by atoms with Crippen molar-refractivity contribution in [2.75, 3.05) is 32.4 Å². The number of ether oxygens (including phenoxy) is 3. The van der Waals surface area contributed by atoms with Gasteiger partial charge in [-0.1, -0.05) is 30.6 Å². The van der Waals surface area contributed by atoms with E-state index in [1.165, 1.54) is 11.8 Å². The number of esters is 1. The van der Waals surface area contributed by atoms with Crippen molar-refractivity contribution >= 4 is 45.2 Å². The van der Waals surface area contributed by atoms with Crippen LogP contribution in [-0.4, -0.2) is 47.1 Å². The van der Waals surface area contributed by atoms with E-state index >= 15 is 0 Å². The highest BCUT2D eigenvalue weighted by Crippen LogP contribution is 2.24. The standard InChI is InChI=1S/C10H14O4S3/c1-2-9(11)14-3-4-16-10(15)17-8-5-12-7-13-6-8/h2,8H,1,3-7H2. The fourth-order valence-corrected chi connectivity index (χ4v) is 3.55. The van der Waals surface area contributed by atoms with Crippen molar-refractivity contribution in [3.05, 3.63) is 12.7 Å². The van der Waals surface area contributed by atoms with Gasteiger partial charge in [-0.05, 0) is 0 Å². The van der Waals surface area contributed by atoms with Crippen molar-refractivity contribution in [1.82, 2.24) is 0 Å². The summed E-state index contributed by atoms with van der Waals surface area (Å²) in [7, 11) is 0. The molecule has 1 fully saturated rings. The summed E-state index contributed by atoms with van der Waals surface area (Å²) < 4.78 is 16.0.